The molecule has 1 amide bonds. The minimum atomic E-state index is -0.441. The van der Waals surface area contributed by atoms with Gasteiger partial charge in [0.05, 0.1) is 0 Å². The fourth-order valence-corrected chi connectivity index (χ4v) is 3.66. The summed E-state index contributed by atoms with van der Waals surface area (Å²) >= 11 is 1.80. The predicted molar refractivity (Wildman–Crippen MR) is 91.3 cm³/mol. The molecule has 1 aliphatic heterocycles. The molecule has 2 rings (SSSR count). The van der Waals surface area contributed by atoms with E-state index in [0.717, 1.165) is 25.9 Å². The van der Waals surface area contributed by atoms with Crippen LogP contribution in [0.2, 0.25) is 0 Å². The van der Waals surface area contributed by atoms with Crippen LogP contribution in [0.4, 0.5) is 4.79 Å². The second-order valence-electron chi connectivity index (χ2n) is 7.07. The zero-order chi connectivity index (χ0) is 16.3. The molecule has 0 unspecified atom stereocenters. The van der Waals surface area contributed by atoms with Gasteiger partial charge in [0.25, 0.3) is 0 Å². The van der Waals surface area contributed by atoms with Crippen LogP contribution in [0.1, 0.15) is 51.5 Å². The number of amides is 1. The second kappa shape index (κ2) is 7.01. The van der Waals surface area contributed by atoms with Crippen molar-refractivity contribution in [1.82, 2.24) is 9.80 Å². The van der Waals surface area contributed by atoms with Crippen molar-refractivity contribution in [1.29, 1.82) is 0 Å². The molecule has 0 spiro atoms. The molecule has 1 saturated heterocycles. The molecule has 1 fully saturated rings. The third-order valence-corrected chi connectivity index (χ3v) is 5.20. The lowest BCUT2D eigenvalue weighted by atomic mass is 10.0. The Balaban J connectivity index is 1.96. The van der Waals surface area contributed by atoms with E-state index in [-0.39, 0.29) is 12.1 Å². The van der Waals surface area contributed by atoms with Gasteiger partial charge in [-0.25, -0.2) is 4.79 Å². The van der Waals surface area contributed by atoms with Crippen molar-refractivity contribution in [2.75, 3.05) is 20.1 Å². The number of hydrogen-bond donors (Lipinski definition) is 0. The maximum absolute atomic E-state index is 12.3. The summed E-state index contributed by atoms with van der Waals surface area (Å²) in [4.78, 5) is 17.9. The molecular formula is C17H28N2O2S. The quantitative estimate of drug-likeness (QED) is 0.837. The Morgan fingerprint density at radius 3 is 2.82 bits per heavy atom. The maximum Gasteiger partial charge on any atom is 0.410 e. The minimum Gasteiger partial charge on any atom is -0.444 e. The van der Waals surface area contributed by atoms with E-state index in [2.05, 4.69) is 29.3 Å². The molecule has 0 N–H and O–H groups in total. The summed E-state index contributed by atoms with van der Waals surface area (Å²) in [6.45, 7) is 9.98. The van der Waals surface area contributed by atoms with Crippen molar-refractivity contribution < 1.29 is 9.53 Å². The van der Waals surface area contributed by atoms with E-state index in [1.54, 1.807) is 16.2 Å². The zero-order valence-electron chi connectivity index (χ0n) is 14.3. The van der Waals surface area contributed by atoms with Crippen molar-refractivity contribution in [2.24, 2.45) is 0 Å². The lowest BCUT2D eigenvalue weighted by Gasteiger charge is -2.40. The predicted octanol–water partition coefficient (Wildman–Crippen LogP) is 4.14. The highest BCUT2D eigenvalue weighted by Crippen LogP contribution is 2.28. The molecule has 1 aliphatic rings. The Morgan fingerprint density at radius 1 is 1.50 bits per heavy atom. The second-order valence-corrected chi connectivity index (χ2v) is 8.05. The number of nitrogens with zero attached hydrogens (tertiary/aromatic N) is 2. The molecule has 5 heteroatoms. The molecule has 1 aromatic rings. The number of likely N-dealkylation sites (tertiary alicyclic amines) is 1. The van der Waals surface area contributed by atoms with E-state index in [9.17, 15) is 4.79 Å². The molecular weight excluding hydrogens is 296 g/mol. The van der Waals surface area contributed by atoms with E-state index in [4.69, 9.17) is 4.74 Å². The molecule has 0 aromatic carbocycles. The number of carbonyl (C=O) groups excluding carboxylic acids is 1. The summed E-state index contributed by atoms with van der Waals surface area (Å²) in [6.07, 6.45) is 1.94. The van der Waals surface area contributed by atoms with Crippen LogP contribution in [0.15, 0.2) is 17.5 Å². The van der Waals surface area contributed by atoms with Gasteiger partial charge in [0.2, 0.25) is 0 Å². The Morgan fingerprint density at radius 2 is 2.23 bits per heavy atom. The van der Waals surface area contributed by atoms with Crippen molar-refractivity contribution in [3.05, 3.63) is 22.4 Å². The maximum atomic E-state index is 12.3. The van der Waals surface area contributed by atoms with Crippen LogP contribution in [0.25, 0.3) is 0 Å². The third-order valence-electron chi connectivity index (χ3n) is 4.16. The molecule has 22 heavy (non-hydrogen) atoms. The van der Waals surface area contributed by atoms with Gasteiger partial charge in [0, 0.05) is 30.6 Å². The van der Waals surface area contributed by atoms with Gasteiger partial charge < -0.3 is 9.64 Å². The van der Waals surface area contributed by atoms with Crippen molar-refractivity contribution >= 4 is 17.4 Å². The van der Waals surface area contributed by atoms with Gasteiger partial charge in [0.15, 0.2) is 0 Å². The Hall–Kier alpha value is -1.07. The van der Waals surface area contributed by atoms with Crippen LogP contribution in [0.5, 0.6) is 0 Å². The molecule has 0 bridgehead atoms. The molecule has 2 atom stereocenters. The number of ether oxygens (including phenoxy) is 1. The number of hydrogen-bond acceptors (Lipinski definition) is 4. The van der Waals surface area contributed by atoms with Gasteiger partial charge in [-0.1, -0.05) is 6.07 Å². The van der Waals surface area contributed by atoms with Gasteiger partial charge in [-0.05, 0) is 58.5 Å². The van der Waals surface area contributed by atoms with E-state index in [0.29, 0.717) is 6.04 Å². The average Bonchev–Trinajstić information content (AvgIpc) is 2.98. The van der Waals surface area contributed by atoms with Crippen LogP contribution in [0.3, 0.4) is 0 Å². The summed E-state index contributed by atoms with van der Waals surface area (Å²) in [7, 11) is 1.86. The van der Waals surface area contributed by atoms with E-state index < -0.39 is 5.60 Å². The lowest BCUT2D eigenvalue weighted by Crippen LogP contribution is -2.50. The highest BCUT2D eigenvalue weighted by Gasteiger charge is 2.31. The Kier molecular flexibility index (Phi) is 5.50. The highest BCUT2D eigenvalue weighted by molar-refractivity contribution is 7.10. The third kappa shape index (κ3) is 4.46. The number of piperidine rings is 1. The first-order valence-electron chi connectivity index (χ1n) is 8.01. The minimum absolute atomic E-state index is 0.219. The monoisotopic (exact) mass is 324 g/mol. The van der Waals surface area contributed by atoms with Crippen molar-refractivity contribution in [3.63, 3.8) is 0 Å². The molecule has 0 saturated carbocycles. The molecule has 1 aromatic heterocycles. The van der Waals surface area contributed by atoms with Gasteiger partial charge in [-0.15, -0.1) is 11.3 Å². The Labute approximate surface area is 138 Å². The molecule has 0 aliphatic carbocycles. The van der Waals surface area contributed by atoms with Crippen LogP contribution in [-0.2, 0) is 4.74 Å². The summed E-state index contributed by atoms with van der Waals surface area (Å²) in [6, 6.07) is 4.93. The molecule has 0 radical (unpaired) electrons. The molecule has 4 nitrogen and oxygen atoms in total. The first-order chi connectivity index (χ1) is 10.3. The normalized spacial score (nSPS) is 21.4. The smallest absolute Gasteiger partial charge is 0.410 e. The summed E-state index contributed by atoms with van der Waals surface area (Å²) in [5, 5.41) is 2.13. The van der Waals surface area contributed by atoms with Crippen molar-refractivity contribution in [2.45, 2.75) is 58.2 Å². The van der Waals surface area contributed by atoms with Crippen molar-refractivity contribution in [3.8, 4) is 0 Å². The fourth-order valence-electron chi connectivity index (χ4n) is 2.84. The number of carbonyl (C=O) groups is 1. The van der Waals surface area contributed by atoms with Gasteiger partial charge in [-0.3, -0.25) is 4.90 Å². The number of rotatable bonds is 3. The summed E-state index contributed by atoms with van der Waals surface area (Å²) < 4.78 is 5.49. The average molecular weight is 324 g/mol. The zero-order valence-corrected chi connectivity index (χ0v) is 15.2. The van der Waals surface area contributed by atoms with Crippen LogP contribution >= 0.6 is 11.3 Å². The number of likely N-dealkylation sites (N-methyl/N-ethyl adjacent to an activating group) is 1. The number of thiophene rings is 1. The Bertz CT molecular complexity index is 481. The van der Waals surface area contributed by atoms with E-state index in [1.165, 1.54) is 4.88 Å². The van der Waals surface area contributed by atoms with Crippen LogP contribution < -0.4 is 0 Å². The first kappa shape index (κ1) is 17.3. The van der Waals surface area contributed by atoms with E-state index >= 15 is 0 Å². The fraction of sp³-hybridized carbons (Fsp3) is 0.706. The van der Waals surface area contributed by atoms with Gasteiger partial charge >= 0.3 is 6.09 Å². The largest absolute Gasteiger partial charge is 0.444 e. The van der Waals surface area contributed by atoms with Gasteiger partial charge in [0.1, 0.15) is 5.60 Å². The summed E-state index contributed by atoms with van der Waals surface area (Å²) in [5.41, 5.74) is -0.441. The lowest BCUT2D eigenvalue weighted by molar-refractivity contribution is 0.0106. The first-order valence-corrected chi connectivity index (χ1v) is 8.89. The van der Waals surface area contributed by atoms with E-state index in [1.807, 2.05) is 27.8 Å². The molecule has 124 valence electrons. The SMILES string of the molecule is C[C@H](c1cccs1)N1CCC[C@@H](N(C)C(=O)OC(C)(C)C)C1. The van der Waals surface area contributed by atoms with Crippen LogP contribution in [0, 0.1) is 0 Å². The highest BCUT2D eigenvalue weighted by atomic mass is 32.1. The molecule has 2 heterocycles. The van der Waals surface area contributed by atoms with Crippen LogP contribution in [-0.4, -0.2) is 47.7 Å². The van der Waals surface area contributed by atoms with Gasteiger partial charge in [-0.2, -0.15) is 0 Å². The standard InChI is InChI=1S/C17H28N2O2S/c1-13(15-9-7-11-22-15)19-10-6-8-14(12-19)18(5)16(20)21-17(2,3)4/h7,9,11,13-14H,6,8,10,12H2,1-5H3/t13-,14-/m1/s1. The topological polar surface area (TPSA) is 32.8 Å². The summed E-state index contributed by atoms with van der Waals surface area (Å²) in [5.74, 6) is 0.